The lowest BCUT2D eigenvalue weighted by molar-refractivity contribution is 0.669. The molecule has 15 aromatic rings. The SMILES string of the molecule is c1ccc(-c2ccc(-c3nc(-c4ccc5c(c4)c4ccccc4n5-c4ccccc4)nc(-c4cc5oc6ccccc6c5c5cc(-n6c7ccccc7c7cc8ccccc8cc76)ccc45)n3)cc2)cc1. The molecular weight excluding hydrogens is 867 g/mol. The van der Waals surface area contributed by atoms with Crippen LogP contribution in [0.25, 0.3) is 144 Å². The van der Waals surface area contributed by atoms with Gasteiger partial charge < -0.3 is 13.6 Å². The van der Waals surface area contributed by atoms with Crippen LogP contribution in [0.1, 0.15) is 0 Å². The molecule has 6 nitrogen and oxygen atoms in total. The minimum atomic E-state index is 0.562. The molecule has 4 heterocycles. The monoisotopic (exact) mass is 905 g/mol. The van der Waals surface area contributed by atoms with E-state index < -0.39 is 0 Å². The van der Waals surface area contributed by atoms with E-state index in [1.807, 2.05) is 18.2 Å². The van der Waals surface area contributed by atoms with Crippen molar-refractivity contribution in [3.8, 4) is 56.7 Å². The fourth-order valence-electron chi connectivity index (χ4n) is 11.0. The Hall–Kier alpha value is -9.65. The Kier molecular flexibility index (Phi) is 8.56. The van der Waals surface area contributed by atoms with Gasteiger partial charge in [-0.25, -0.2) is 15.0 Å². The maximum Gasteiger partial charge on any atom is 0.164 e. The summed E-state index contributed by atoms with van der Waals surface area (Å²) in [6.45, 7) is 0. The number of fused-ring (bicyclic) bond motifs is 12. The molecule has 330 valence electrons. The van der Waals surface area contributed by atoms with Gasteiger partial charge in [0.15, 0.2) is 17.5 Å². The highest BCUT2D eigenvalue weighted by atomic mass is 16.3. The van der Waals surface area contributed by atoms with Crippen molar-refractivity contribution < 1.29 is 4.42 Å². The zero-order valence-electron chi connectivity index (χ0n) is 38.2. The molecule has 0 saturated heterocycles. The van der Waals surface area contributed by atoms with Gasteiger partial charge in [0.25, 0.3) is 0 Å². The average molecular weight is 906 g/mol. The van der Waals surface area contributed by atoms with E-state index in [-0.39, 0.29) is 0 Å². The Morgan fingerprint density at radius 2 is 0.831 bits per heavy atom. The van der Waals surface area contributed by atoms with Crippen molar-refractivity contribution in [2.75, 3.05) is 0 Å². The second kappa shape index (κ2) is 15.4. The van der Waals surface area contributed by atoms with Crippen LogP contribution in [0.2, 0.25) is 0 Å². The Bertz CT molecular complexity index is 4620. The van der Waals surface area contributed by atoms with Gasteiger partial charge in [0, 0.05) is 60.4 Å². The van der Waals surface area contributed by atoms with Crippen LogP contribution in [0.15, 0.2) is 241 Å². The normalized spacial score (nSPS) is 11.9. The lowest BCUT2D eigenvalue weighted by atomic mass is 9.97. The molecule has 0 amide bonds. The number of furan rings is 1. The molecular formula is C65H39N5O. The zero-order valence-corrected chi connectivity index (χ0v) is 38.2. The second-order valence-corrected chi connectivity index (χ2v) is 18.4. The van der Waals surface area contributed by atoms with Crippen molar-refractivity contribution in [2.45, 2.75) is 0 Å². The molecule has 0 radical (unpaired) electrons. The maximum absolute atomic E-state index is 6.77. The molecule has 11 aromatic carbocycles. The van der Waals surface area contributed by atoms with Crippen molar-refractivity contribution in [3.63, 3.8) is 0 Å². The van der Waals surface area contributed by atoms with E-state index in [9.17, 15) is 0 Å². The summed E-state index contributed by atoms with van der Waals surface area (Å²) in [5.41, 5.74) is 13.2. The molecule has 0 aliphatic rings. The fourth-order valence-corrected chi connectivity index (χ4v) is 11.0. The van der Waals surface area contributed by atoms with E-state index in [1.54, 1.807) is 0 Å². The van der Waals surface area contributed by atoms with Gasteiger partial charge >= 0.3 is 0 Å². The van der Waals surface area contributed by atoms with Crippen molar-refractivity contribution in [1.29, 1.82) is 0 Å². The Balaban J connectivity index is 0.979. The predicted molar refractivity (Wildman–Crippen MR) is 293 cm³/mol. The van der Waals surface area contributed by atoms with Gasteiger partial charge in [-0.15, -0.1) is 0 Å². The molecule has 0 unspecified atom stereocenters. The highest BCUT2D eigenvalue weighted by Crippen LogP contribution is 2.43. The Morgan fingerprint density at radius 3 is 1.59 bits per heavy atom. The summed E-state index contributed by atoms with van der Waals surface area (Å²) in [7, 11) is 0. The minimum Gasteiger partial charge on any atom is -0.456 e. The molecule has 0 bridgehead atoms. The average Bonchev–Trinajstić information content (AvgIpc) is 4.10. The first kappa shape index (κ1) is 39.4. The Morgan fingerprint density at radius 1 is 0.282 bits per heavy atom. The summed E-state index contributed by atoms with van der Waals surface area (Å²) in [5.74, 6) is 1.73. The van der Waals surface area contributed by atoms with E-state index >= 15 is 0 Å². The van der Waals surface area contributed by atoms with Crippen LogP contribution in [0.3, 0.4) is 0 Å². The molecule has 15 rings (SSSR count). The van der Waals surface area contributed by atoms with E-state index in [2.05, 4.69) is 228 Å². The number of benzene rings is 11. The number of rotatable bonds is 6. The number of nitrogens with zero attached hydrogens (tertiary/aromatic N) is 5. The van der Waals surface area contributed by atoms with Crippen molar-refractivity contribution in [2.24, 2.45) is 0 Å². The summed E-state index contributed by atoms with van der Waals surface area (Å²) in [6, 6.07) is 83.9. The number of aromatic nitrogens is 5. The first-order valence-corrected chi connectivity index (χ1v) is 24.0. The molecule has 71 heavy (non-hydrogen) atoms. The van der Waals surface area contributed by atoms with Crippen LogP contribution < -0.4 is 0 Å². The second-order valence-electron chi connectivity index (χ2n) is 18.4. The highest BCUT2D eigenvalue weighted by Gasteiger charge is 2.22. The smallest absolute Gasteiger partial charge is 0.164 e. The summed E-state index contributed by atoms with van der Waals surface area (Å²) < 4.78 is 11.5. The van der Waals surface area contributed by atoms with Crippen LogP contribution in [0.4, 0.5) is 0 Å². The third kappa shape index (κ3) is 6.18. The third-order valence-electron chi connectivity index (χ3n) is 14.3. The van der Waals surface area contributed by atoms with Crippen LogP contribution >= 0.6 is 0 Å². The molecule has 0 saturated carbocycles. The van der Waals surface area contributed by atoms with Crippen LogP contribution in [0, 0.1) is 0 Å². The summed E-state index contributed by atoms with van der Waals surface area (Å²) >= 11 is 0. The van der Waals surface area contributed by atoms with Gasteiger partial charge in [-0.2, -0.15) is 0 Å². The standard InChI is InChI=1S/C65H39N5O/c1-3-15-40(16-4-1)41-27-29-42(30-28-41)63-66-64(45-31-34-58-52(36-45)49-21-9-12-24-56(49)69(58)46-19-5-2-6-20-46)68-65(67-63)55-39-61-62(51-23-11-14-26-60(51)71-61)54-38-47(32-33-48(54)55)70-57-25-13-10-22-50(57)53-35-43-17-7-8-18-44(43)37-59(53)70/h1-39H. The first-order chi connectivity index (χ1) is 35.2. The van der Waals surface area contributed by atoms with Gasteiger partial charge in [-0.1, -0.05) is 158 Å². The molecule has 0 N–H and O–H groups in total. The zero-order chi connectivity index (χ0) is 46.6. The molecule has 0 aliphatic heterocycles. The van der Waals surface area contributed by atoms with Gasteiger partial charge in [-0.3, -0.25) is 0 Å². The molecule has 0 aliphatic carbocycles. The van der Waals surface area contributed by atoms with E-state index in [0.717, 1.165) is 105 Å². The van der Waals surface area contributed by atoms with Crippen molar-refractivity contribution in [1.82, 2.24) is 24.1 Å². The van der Waals surface area contributed by atoms with Gasteiger partial charge in [0.05, 0.1) is 22.1 Å². The van der Waals surface area contributed by atoms with Gasteiger partial charge in [0.2, 0.25) is 0 Å². The third-order valence-corrected chi connectivity index (χ3v) is 14.3. The molecule has 4 aromatic heterocycles. The van der Waals surface area contributed by atoms with E-state index in [0.29, 0.717) is 17.5 Å². The molecule has 0 atom stereocenters. The minimum absolute atomic E-state index is 0.562. The lowest BCUT2D eigenvalue weighted by Gasteiger charge is -2.14. The molecule has 0 spiro atoms. The summed E-state index contributed by atoms with van der Waals surface area (Å²) in [6.07, 6.45) is 0. The van der Waals surface area contributed by atoms with Crippen molar-refractivity contribution in [3.05, 3.63) is 237 Å². The van der Waals surface area contributed by atoms with E-state index in [1.165, 1.54) is 21.5 Å². The predicted octanol–water partition coefficient (Wildman–Crippen LogP) is 16.9. The van der Waals surface area contributed by atoms with E-state index in [4.69, 9.17) is 19.4 Å². The lowest BCUT2D eigenvalue weighted by Crippen LogP contribution is -2.01. The Labute approximate surface area is 407 Å². The summed E-state index contributed by atoms with van der Waals surface area (Å²) in [5, 5.41) is 11.3. The number of para-hydroxylation sites is 4. The molecule has 6 heteroatoms. The van der Waals surface area contributed by atoms with Crippen LogP contribution in [0.5, 0.6) is 0 Å². The number of hydrogen-bond donors (Lipinski definition) is 0. The molecule has 0 fully saturated rings. The maximum atomic E-state index is 6.77. The topological polar surface area (TPSA) is 61.7 Å². The van der Waals surface area contributed by atoms with Crippen molar-refractivity contribution >= 4 is 87.1 Å². The fraction of sp³-hybridized carbons (Fsp3) is 0. The van der Waals surface area contributed by atoms with Gasteiger partial charge in [0.1, 0.15) is 11.2 Å². The van der Waals surface area contributed by atoms with Crippen LogP contribution in [-0.4, -0.2) is 24.1 Å². The first-order valence-electron chi connectivity index (χ1n) is 24.0. The highest BCUT2D eigenvalue weighted by molar-refractivity contribution is 6.23. The largest absolute Gasteiger partial charge is 0.456 e. The number of hydrogen-bond acceptors (Lipinski definition) is 4. The van der Waals surface area contributed by atoms with Crippen LogP contribution in [-0.2, 0) is 0 Å². The quantitative estimate of drug-likeness (QED) is 0.167. The summed E-state index contributed by atoms with van der Waals surface area (Å²) in [4.78, 5) is 16.1. The van der Waals surface area contributed by atoms with Gasteiger partial charge in [-0.05, 0) is 112 Å².